The highest BCUT2D eigenvalue weighted by Crippen LogP contribution is 2.25. The second-order valence-corrected chi connectivity index (χ2v) is 6.21. The van der Waals surface area contributed by atoms with Crippen LogP contribution in [-0.2, 0) is 10.2 Å². The minimum atomic E-state index is -0.131. The molecule has 0 saturated heterocycles. The van der Waals surface area contributed by atoms with Gasteiger partial charge < -0.3 is 15.5 Å². The number of hydrazine groups is 1. The van der Waals surface area contributed by atoms with Crippen molar-refractivity contribution >= 4 is 11.6 Å². The fraction of sp³-hybridized carbons (Fsp3) is 0.714. The van der Waals surface area contributed by atoms with Gasteiger partial charge in [0.15, 0.2) is 0 Å². The van der Waals surface area contributed by atoms with Gasteiger partial charge in [0.25, 0.3) is 0 Å². The molecule has 0 spiro atoms. The van der Waals surface area contributed by atoms with Crippen molar-refractivity contribution in [3.05, 3.63) is 11.4 Å². The van der Waals surface area contributed by atoms with Gasteiger partial charge in [0, 0.05) is 24.6 Å². The van der Waals surface area contributed by atoms with Gasteiger partial charge in [-0.25, -0.2) is 15.8 Å². The smallest absolute Gasteiger partial charge is 0.148 e. The number of nitrogens with one attached hydrogen (secondary N) is 2. The molecular formula is C14H27N5O. The minimum Gasteiger partial charge on any atom is -0.384 e. The summed E-state index contributed by atoms with van der Waals surface area (Å²) in [6, 6.07) is 0. The Morgan fingerprint density at radius 3 is 2.35 bits per heavy atom. The average molecular weight is 281 g/mol. The molecule has 0 amide bonds. The molecule has 0 aliphatic rings. The Balaban J connectivity index is 2.99. The van der Waals surface area contributed by atoms with Crippen LogP contribution >= 0.6 is 0 Å². The van der Waals surface area contributed by atoms with Crippen molar-refractivity contribution < 1.29 is 4.74 Å². The molecule has 0 bridgehead atoms. The first-order valence-electron chi connectivity index (χ1n) is 6.88. The summed E-state index contributed by atoms with van der Waals surface area (Å²) in [6.45, 7) is 11.8. The van der Waals surface area contributed by atoms with Gasteiger partial charge in [0.1, 0.15) is 17.5 Å². The standard InChI is InChI=1S/C14H27N5O/c1-9(8-20-6)7-16-11-10(2)12(19-15)18-13(17-11)14(3,4)5/h9H,7-8,15H2,1-6H3,(H2,16,17,18,19). The fourth-order valence-electron chi connectivity index (χ4n) is 1.78. The quantitative estimate of drug-likeness (QED) is 0.547. The highest BCUT2D eigenvalue weighted by molar-refractivity contribution is 5.57. The topological polar surface area (TPSA) is 85.1 Å². The number of ether oxygens (including phenoxy) is 1. The number of methoxy groups -OCH3 is 1. The van der Waals surface area contributed by atoms with Gasteiger partial charge in [0.2, 0.25) is 0 Å². The Morgan fingerprint density at radius 1 is 1.25 bits per heavy atom. The third-order valence-corrected chi connectivity index (χ3v) is 3.02. The van der Waals surface area contributed by atoms with Crippen molar-refractivity contribution in [1.82, 2.24) is 9.97 Å². The largest absolute Gasteiger partial charge is 0.384 e. The summed E-state index contributed by atoms with van der Waals surface area (Å²) in [5.41, 5.74) is 3.44. The molecule has 0 aliphatic heterocycles. The first-order valence-corrected chi connectivity index (χ1v) is 6.88. The lowest BCUT2D eigenvalue weighted by Gasteiger charge is -2.21. The molecule has 4 N–H and O–H groups in total. The van der Waals surface area contributed by atoms with Gasteiger partial charge in [-0.05, 0) is 12.8 Å². The van der Waals surface area contributed by atoms with E-state index in [1.165, 1.54) is 0 Å². The number of nitrogen functional groups attached to an aromatic ring is 1. The second-order valence-electron chi connectivity index (χ2n) is 6.21. The van der Waals surface area contributed by atoms with Crippen molar-refractivity contribution in [1.29, 1.82) is 0 Å². The SMILES string of the molecule is COCC(C)CNc1nc(C(C)(C)C)nc(NN)c1C. The van der Waals surface area contributed by atoms with Crippen LogP contribution in [0, 0.1) is 12.8 Å². The summed E-state index contributed by atoms with van der Waals surface area (Å²) in [6.07, 6.45) is 0. The normalized spacial score (nSPS) is 13.2. The molecule has 0 aromatic carbocycles. The Labute approximate surface area is 121 Å². The molecule has 6 heteroatoms. The zero-order valence-corrected chi connectivity index (χ0v) is 13.4. The van der Waals surface area contributed by atoms with E-state index in [0.717, 1.165) is 23.8 Å². The van der Waals surface area contributed by atoms with Crippen LogP contribution < -0.4 is 16.6 Å². The Bertz CT molecular complexity index is 442. The summed E-state index contributed by atoms with van der Waals surface area (Å²) < 4.78 is 5.14. The minimum absolute atomic E-state index is 0.131. The van der Waals surface area contributed by atoms with Gasteiger partial charge in [-0.1, -0.05) is 27.7 Å². The second kappa shape index (κ2) is 6.85. The van der Waals surface area contributed by atoms with E-state index >= 15 is 0 Å². The van der Waals surface area contributed by atoms with Gasteiger partial charge in [-0.3, -0.25) is 0 Å². The van der Waals surface area contributed by atoms with Crippen molar-refractivity contribution in [2.75, 3.05) is 31.0 Å². The predicted molar refractivity (Wildman–Crippen MR) is 82.8 cm³/mol. The van der Waals surface area contributed by atoms with E-state index in [1.807, 2.05) is 6.92 Å². The molecule has 6 nitrogen and oxygen atoms in total. The number of rotatable bonds is 6. The zero-order chi connectivity index (χ0) is 15.3. The molecule has 114 valence electrons. The molecule has 0 radical (unpaired) electrons. The predicted octanol–water partition coefficient (Wildman–Crippen LogP) is 2.06. The number of anilines is 2. The maximum Gasteiger partial charge on any atom is 0.148 e. The third-order valence-electron chi connectivity index (χ3n) is 3.02. The molecule has 1 unspecified atom stereocenters. The Morgan fingerprint density at radius 2 is 1.85 bits per heavy atom. The summed E-state index contributed by atoms with van der Waals surface area (Å²) in [5, 5.41) is 3.36. The van der Waals surface area contributed by atoms with Crippen molar-refractivity contribution in [2.45, 2.75) is 40.0 Å². The van der Waals surface area contributed by atoms with Crippen LogP contribution in [0.4, 0.5) is 11.6 Å². The fourth-order valence-corrected chi connectivity index (χ4v) is 1.78. The molecule has 0 aliphatic carbocycles. The first kappa shape index (κ1) is 16.7. The average Bonchev–Trinajstić information content (AvgIpc) is 2.36. The number of hydrogen-bond donors (Lipinski definition) is 3. The van der Waals surface area contributed by atoms with E-state index in [-0.39, 0.29) is 5.41 Å². The molecule has 1 heterocycles. The van der Waals surface area contributed by atoms with Crippen LogP contribution in [0.15, 0.2) is 0 Å². The molecule has 20 heavy (non-hydrogen) atoms. The zero-order valence-electron chi connectivity index (χ0n) is 13.4. The van der Waals surface area contributed by atoms with Gasteiger partial charge >= 0.3 is 0 Å². The number of nitrogens with two attached hydrogens (primary N) is 1. The third kappa shape index (κ3) is 4.31. The van der Waals surface area contributed by atoms with E-state index in [0.29, 0.717) is 18.3 Å². The number of hydrogen-bond acceptors (Lipinski definition) is 6. The maximum atomic E-state index is 5.55. The highest BCUT2D eigenvalue weighted by atomic mass is 16.5. The maximum absolute atomic E-state index is 5.55. The molecule has 1 aromatic rings. The molecule has 0 fully saturated rings. The molecule has 1 rings (SSSR count). The first-order chi connectivity index (χ1) is 9.29. The van der Waals surface area contributed by atoms with Crippen LogP contribution in [0.2, 0.25) is 0 Å². The number of nitrogens with zero attached hydrogens (tertiary/aromatic N) is 2. The van der Waals surface area contributed by atoms with Crippen LogP contribution in [-0.4, -0.2) is 30.2 Å². The lowest BCUT2D eigenvalue weighted by molar-refractivity contribution is 0.164. The van der Waals surface area contributed by atoms with Crippen LogP contribution in [0.3, 0.4) is 0 Å². The molecule has 1 atom stereocenters. The van der Waals surface area contributed by atoms with Crippen LogP contribution in [0.5, 0.6) is 0 Å². The number of aromatic nitrogens is 2. The highest BCUT2D eigenvalue weighted by Gasteiger charge is 2.21. The molecular weight excluding hydrogens is 254 g/mol. The van der Waals surface area contributed by atoms with Gasteiger partial charge in [-0.15, -0.1) is 0 Å². The molecule has 0 saturated carbocycles. The Hall–Kier alpha value is -1.40. The van der Waals surface area contributed by atoms with Crippen LogP contribution in [0.25, 0.3) is 0 Å². The van der Waals surface area contributed by atoms with Gasteiger partial charge in [0.05, 0.1) is 6.61 Å². The van der Waals surface area contributed by atoms with Crippen molar-refractivity contribution in [3.8, 4) is 0 Å². The van der Waals surface area contributed by atoms with E-state index in [2.05, 4.69) is 48.4 Å². The summed E-state index contributed by atoms with van der Waals surface area (Å²) >= 11 is 0. The monoisotopic (exact) mass is 281 g/mol. The lowest BCUT2D eigenvalue weighted by atomic mass is 9.95. The van der Waals surface area contributed by atoms with E-state index < -0.39 is 0 Å². The van der Waals surface area contributed by atoms with E-state index in [9.17, 15) is 0 Å². The summed E-state index contributed by atoms with van der Waals surface area (Å²) in [4.78, 5) is 9.10. The van der Waals surface area contributed by atoms with E-state index in [4.69, 9.17) is 10.6 Å². The Kier molecular flexibility index (Phi) is 5.71. The lowest BCUT2D eigenvalue weighted by Crippen LogP contribution is -2.23. The van der Waals surface area contributed by atoms with Gasteiger partial charge in [-0.2, -0.15) is 0 Å². The summed E-state index contributed by atoms with van der Waals surface area (Å²) in [5.74, 6) is 8.19. The summed E-state index contributed by atoms with van der Waals surface area (Å²) in [7, 11) is 1.71. The van der Waals surface area contributed by atoms with Crippen molar-refractivity contribution in [2.24, 2.45) is 11.8 Å². The van der Waals surface area contributed by atoms with Crippen molar-refractivity contribution in [3.63, 3.8) is 0 Å². The van der Waals surface area contributed by atoms with E-state index in [1.54, 1.807) is 7.11 Å². The van der Waals surface area contributed by atoms with Crippen LogP contribution in [0.1, 0.15) is 39.1 Å². The molecule has 1 aromatic heterocycles.